The van der Waals surface area contributed by atoms with Gasteiger partial charge in [0.1, 0.15) is 5.69 Å². The first-order valence-electron chi connectivity index (χ1n) is 6.89. The number of rotatable bonds is 1. The molecule has 0 unspecified atom stereocenters. The van der Waals surface area contributed by atoms with E-state index in [-0.39, 0.29) is 19.1 Å². The molecule has 5 nitrogen and oxygen atoms in total. The van der Waals surface area contributed by atoms with Crippen molar-refractivity contribution in [3.63, 3.8) is 0 Å². The molecule has 2 heterocycles. The largest absolute Gasteiger partial charge is 0.389 e. The SMILES string of the molecule is Cc1c(C(=O)N2CCOC[C@H](O)C2)[nH]c2ccc(Cl)cc12. The fourth-order valence-electron chi connectivity index (χ4n) is 2.65. The van der Waals surface area contributed by atoms with Crippen molar-refractivity contribution in [1.82, 2.24) is 9.88 Å². The molecule has 21 heavy (non-hydrogen) atoms. The smallest absolute Gasteiger partial charge is 0.270 e. The third-order valence-corrected chi connectivity index (χ3v) is 4.00. The van der Waals surface area contributed by atoms with Crippen LogP contribution in [0.5, 0.6) is 0 Å². The minimum absolute atomic E-state index is 0.121. The maximum atomic E-state index is 12.7. The van der Waals surface area contributed by atoms with E-state index in [1.165, 1.54) is 0 Å². The number of hydrogen-bond donors (Lipinski definition) is 2. The average molecular weight is 309 g/mol. The van der Waals surface area contributed by atoms with Crippen LogP contribution in [0, 0.1) is 6.92 Å². The molecule has 0 radical (unpaired) electrons. The highest BCUT2D eigenvalue weighted by atomic mass is 35.5. The number of aryl methyl sites for hydroxylation is 1. The highest BCUT2D eigenvalue weighted by molar-refractivity contribution is 6.31. The van der Waals surface area contributed by atoms with Crippen molar-refractivity contribution in [2.45, 2.75) is 13.0 Å². The lowest BCUT2D eigenvalue weighted by Crippen LogP contribution is -2.38. The van der Waals surface area contributed by atoms with Gasteiger partial charge in [0.2, 0.25) is 0 Å². The van der Waals surface area contributed by atoms with Gasteiger partial charge in [0.25, 0.3) is 5.91 Å². The number of fused-ring (bicyclic) bond motifs is 1. The Labute approximate surface area is 127 Å². The summed E-state index contributed by atoms with van der Waals surface area (Å²) in [6.07, 6.45) is -0.643. The monoisotopic (exact) mass is 308 g/mol. The number of β-amino-alcohol motifs (C(OH)–C–C–N with tert-alkyl or cyclic N) is 1. The Morgan fingerprint density at radius 2 is 2.33 bits per heavy atom. The maximum Gasteiger partial charge on any atom is 0.270 e. The number of nitrogens with zero attached hydrogens (tertiary/aromatic N) is 1. The van der Waals surface area contributed by atoms with Crippen LogP contribution in [0.25, 0.3) is 10.9 Å². The first kappa shape index (κ1) is 14.4. The zero-order chi connectivity index (χ0) is 15.0. The van der Waals surface area contributed by atoms with Crippen LogP contribution >= 0.6 is 11.6 Å². The Bertz CT molecular complexity index is 683. The highest BCUT2D eigenvalue weighted by Crippen LogP contribution is 2.26. The van der Waals surface area contributed by atoms with Crippen molar-refractivity contribution in [1.29, 1.82) is 0 Å². The Hall–Kier alpha value is -1.56. The summed E-state index contributed by atoms with van der Waals surface area (Å²) in [6, 6.07) is 5.50. The Kier molecular flexibility index (Phi) is 3.89. The predicted molar refractivity (Wildman–Crippen MR) is 80.8 cm³/mol. The van der Waals surface area contributed by atoms with Gasteiger partial charge in [0, 0.05) is 29.0 Å². The summed E-state index contributed by atoms with van der Waals surface area (Å²) in [5.41, 5.74) is 2.30. The molecule has 1 aliphatic heterocycles. The number of aliphatic hydroxyl groups is 1. The number of carbonyl (C=O) groups is 1. The van der Waals surface area contributed by atoms with Crippen LogP contribution in [-0.4, -0.2) is 53.3 Å². The van der Waals surface area contributed by atoms with Crippen LogP contribution in [-0.2, 0) is 4.74 Å². The number of benzene rings is 1. The molecule has 2 N–H and O–H groups in total. The van der Waals surface area contributed by atoms with Gasteiger partial charge in [-0.1, -0.05) is 11.6 Å². The van der Waals surface area contributed by atoms with Crippen LogP contribution in [0.4, 0.5) is 0 Å². The first-order chi connectivity index (χ1) is 10.1. The number of ether oxygens (including phenoxy) is 1. The van der Waals surface area contributed by atoms with E-state index >= 15 is 0 Å². The van der Waals surface area contributed by atoms with Gasteiger partial charge in [-0.3, -0.25) is 4.79 Å². The molecule has 2 aromatic rings. The van der Waals surface area contributed by atoms with E-state index in [1.54, 1.807) is 11.0 Å². The number of H-pyrrole nitrogens is 1. The quantitative estimate of drug-likeness (QED) is 0.846. The van der Waals surface area contributed by atoms with Crippen LogP contribution in [0.1, 0.15) is 16.1 Å². The maximum absolute atomic E-state index is 12.7. The highest BCUT2D eigenvalue weighted by Gasteiger charge is 2.25. The molecule has 1 aliphatic rings. The molecule has 1 aromatic heterocycles. The summed E-state index contributed by atoms with van der Waals surface area (Å²) in [5, 5.41) is 11.3. The van der Waals surface area contributed by atoms with Crippen LogP contribution in [0.3, 0.4) is 0 Å². The normalized spacial score (nSPS) is 19.8. The molecule has 6 heteroatoms. The van der Waals surface area contributed by atoms with E-state index in [0.29, 0.717) is 23.9 Å². The van der Waals surface area contributed by atoms with E-state index in [0.717, 1.165) is 16.5 Å². The molecular weight excluding hydrogens is 292 g/mol. The van der Waals surface area contributed by atoms with Crippen LogP contribution in [0.15, 0.2) is 18.2 Å². The lowest BCUT2D eigenvalue weighted by molar-refractivity contribution is 0.0533. The van der Waals surface area contributed by atoms with E-state index < -0.39 is 6.10 Å². The van der Waals surface area contributed by atoms with Gasteiger partial charge in [0.15, 0.2) is 0 Å². The third kappa shape index (κ3) is 2.77. The van der Waals surface area contributed by atoms with Crippen LogP contribution in [0.2, 0.25) is 5.02 Å². The molecule has 1 aromatic carbocycles. The minimum Gasteiger partial charge on any atom is -0.389 e. The molecule has 3 rings (SSSR count). The van der Waals surface area contributed by atoms with Gasteiger partial charge in [-0.15, -0.1) is 0 Å². The van der Waals surface area contributed by atoms with E-state index in [9.17, 15) is 9.90 Å². The molecular formula is C15H17ClN2O3. The Morgan fingerprint density at radius 1 is 1.52 bits per heavy atom. The number of amides is 1. The fourth-order valence-corrected chi connectivity index (χ4v) is 2.82. The number of nitrogens with one attached hydrogen (secondary N) is 1. The molecule has 1 amide bonds. The second-order valence-corrected chi connectivity index (χ2v) is 5.73. The number of aromatic amines is 1. The standard InChI is InChI=1S/C15H17ClN2O3/c1-9-12-6-10(16)2-3-13(12)17-14(9)15(20)18-4-5-21-8-11(19)7-18/h2-3,6,11,17,19H,4-5,7-8H2,1H3/t11-/m1/s1. The first-order valence-corrected chi connectivity index (χ1v) is 7.27. The van der Waals surface area contributed by atoms with Gasteiger partial charge in [-0.05, 0) is 30.7 Å². The fraction of sp³-hybridized carbons (Fsp3) is 0.400. The Balaban J connectivity index is 1.95. The molecule has 1 fully saturated rings. The average Bonchev–Trinajstić information content (AvgIpc) is 2.64. The Morgan fingerprint density at radius 3 is 3.14 bits per heavy atom. The van der Waals surface area contributed by atoms with Crippen molar-refractivity contribution in [3.05, 3.63) is 34.5 Å². The van der Waals surface area contributed by atoms with Gasteiger partial charge in [-0.2, -0.15) is 0 Å². The van der Waals surface area contributed by atoms with Crippen molar-refractivity contribution in [3.8, 4) is 0 Å². The topological polar surface area (TPSA) is 65.6 Å². The van der Waals surface area contributed by atoms with Gasteiger partial charge in [0.05, 0.1) is 19.3 Å². The minimum atomic E-state index is -0.643. The second kappa shape index (κ2) is 5.67. The van der Waals surface area contributed by atoms with Crippen molar-refractivity contribution in [2.24, 2.45) is 0 Å². The van der Waals surface area contributed by atoms with Crippen LogP contribution < -0.4 is 0 Å². The number of hydrogen-bond acceptors (Lipinski definition) is 3. The number of carbonyl (C=O) groups excluding carboxylic acids is 1. The number of aliphatic hydroxyl groups excluding tert-OH is 1. The third-order valence-electron chi connectivity index (χ3n) is 3.77. The van der Waals surface area contributed by atoms with Crippen molar-refractivity contribution >= 4 is 28.4 Å². The summed E-state index contributed by atoms with van der Waals surface area (Å²) in [4.78, 5) is 17.4. The molecule has 0 saturated carbocycles. The van der Waals surface area contributed by atoms with Crippen molar-refractivity contribution in [2.75, 3.05) is 26.3 Å². The van der Waals surface area contributed by atoms with Gasteiger partial charge in [-0.25, -0.2) is 0 Å². The molecule has 112 valence electrons. The van der Waals surface area contributed by atoms with E-state index in [4.69, 9.17) is 16.3 Å². The predicted octanol–water partition coefficient (Wildman–Crippen LogP) is 1.96. The molecule has 0 bridgehead atoms. The zero-order valence-corrected chi connectivity index (χ0v) is 12.5. The zero-order valence-electron chi connectivity index (χ0n) is 11.7. The summed E-state index contributed by atoms with van der Waals surface area (Å²) in [5.74, 6) is -0.121. The summed E-state index contributed by atoms with van der Waals surface area (Å²) in [6.45, 7) is 3.37. The molecule has 1 atom stereocenters. The van der Waals surface area contributed by atoms with Gasteiger partial charge >= 0.3 is 0 Å². The number of halogens is 1. The second-order valence-electron chi connectivity index (χ2n) is 5.29. The summed E-state index contributed by atoms with van der Waals surface area (Å²) in [7, 11) is 0. The summed E-state index contributed by atoms with van der Waals surface area (Å²) < 4.78 is 5.26. The number of aromatic nitrogens is 1. The molecule has 1 saturated heterocycles. The molecule has 0 spiro atoms. The lowest BCUT2D eigenvalue weighted by Gasteiger charge is -2.21. The van der Waals surface area contributed by atoms with Crippen molar-refractivity contribution < 1.29 is 14.6 Å². The van der Waals surface area contributed by atoms with Gasteiger partial charge < -0.3 is 19.7 Å². The lowest BCUT2D eigenvalue weighted by atomic mass is 10.1. The van der Waals surface area contributed by atoms with E-state index in [1.807, 2.05) is 19.1 Å². The summed E-state index contributed by atoms with van der Waals surface area (Å²) >= 11 is 6.01. The molecule has 0 aliphatic carbocycles. The van der Waals surface area contributed by atoms with E-state index in [2.05, 4.69) is 4.98 Å².